The highest BCUT2D eigenvalue weighted by Crippen LogP contribution is 2.20. The molecule has 1 aromatic carbocycles. The van der Waals surface area contributed by atoms with E-state index in [2.05, 4.69) is 42.6 Å². The van der Waals surface area contributed by atoms with E-state index in [0.717, 1.165) is 25.8 Å². The molecule has 92 valence electrons. The van der Waals surface area contributed by atoms with Crippen LogP contribution < -0.4 is 5.32 Å². The largest absolute Gasteiger partial charge is 0.385 e. The van der Waals surface area contributed by atoms with Crippen molar-refractivity contribution in [2.24, 2.45) is 5.41 Å². The molecule has 1 N–H and O–H groups in total. The van der Waals surface area contributed by atoms with Gasteiger partial charge in [0.1, 0.15) is 0 Å². The maximum absolute atomic E-state index is 8.91. The second kappa shape index (κ2) is 6.30. The van der Waals surface area contributed by atoms with Crippen molar-refractivity contribution in [2.45, 2.75) is 40.0 Å². The van der Waals surface area contributed by atoms with Crippen LogP contribution in [0.3, 0.4) is 0 Å². The van der Waals surface area contributed by atoms with Crippen LogP contribution in [-0.2, 0) is 6.42 Å². The number of hydrogen-bond acceptors (Lipinski definition) is 2. The predicted molar refractivity (Wildman–Crippen MR) is 72.9 cm³/mol. The van der Waals surface area contributed by atoms with Crippen LogP contribution in [0.25, 0.3) is 0 Å². The average Bonchev–Trinajstić information content (AvgIpc) is 2.35. The minimum Gasteiger partial charge on any atom is -0.385 e. The maximum Gasteiger partial charge on any atom is 0.0683 e. The lowest BCUT2D eigenvalue weighted by atomic mass is 9.90. The number of nitriles is 1. The first-order chi connectivity index (χ1) is 8.07. The molecule has 0 saturated heterocycles. The van der Waals surface area contributed by atoms with E-state index in [-0.39, 0.29) is 5.41 Å². The van der Waals surface area contributed by atoms with Crippen molar-refractivity contribution in [1.82, 2.24) is 0 Å². The third kappa shape index (κ3) is 4.91. The number of nitrogens with one attached hydrogen (secondary N) is 1. The zero-order valence-corrected chi connectivity index (χ0v) is 11.1. The number of benzene rings is 1. The molecule has 0 heterocycles. The maximum atomic E-state index is 8.91. The fraction of sp³-hybridized carbons (Fsp3) is 0.533. The summed E-state index contributed by atoms with van der Waals surface area (Å²) in [4.78, 5) is 0. The van der Waals surface area contributed by atoms with Crippen molar-refractivity contribution in [3.05, 3.63) is 29.8 Å². The molecule has 1 rings (SSSR count). The van der Waals surface area contributed by atoms with Gasteiger partial charge in [0.05, 0.1) is 11.5 Å². The first kappa shape index (κ1) is 13.6. The molecular weight excluding hydrogens is 208 g/mol. The molecule has 0 fully saturated rings. The van der Waals surface area contributed by atoms with Crippen LogP contribution in [0.2, 0.25) is 0 Å². The molecule has 0 aliphatic carbocycles. The second-order valence-electron chi connectivity index (χ2n) is 5.08. The van der Waals surface area contributed by atoms with Crippen molar-refractivity contribution < 1.29 is 0 Å². The van der Waals surface area contributed by atoms with Gasteiger partial charge >= 0.3 is 0 Å². The van der Waals surface area contributed by atoms with Crippen molar-refractivity contribution >= 4 is 5.69 Å². The van der Waals surface area contributed by atoms with Crippen molar-refractivity contribution in [3.8, 4) is 6.07 Å². The lowest BCUT2D eigenvalue weighted by Gasteiger charge is -2.15. The summed E-state index contributed by atoms with van der Waals surface area (Å²) in [7, 11) is 0. The number of hydrogen-bond donors (Lipinski definition) is 1. The number of anilines is 1. The fourth-order valence-electron chi connectivity index (χ4n) is 1.72. The van der Waals surface area contributed by atoms with E-state index in [1.807, 2.05) is 13.8 Å². The van der Waals surface area contributed by atoms with Crippen LogP contribution >= 0.6 is 0 Å². The number of aryl methyl sites for hydroxylation is 1. The molecular formula is C15H22N2. The Hall–Kier alpha value is -1.49. The summed E-state index contributed by atoms with van der Waals surface area (Å²) >= 11 is 0. The molecule has 0 amide bonds. The first-order valence-corrected chi connectivity index (χ1v) is 6.31. The topological polar surface area (TPSA) is 35.8 Å². The standard InChI is InChI=1S/C15H22N2/c1-4-13-7-5-8-14(11-13)17-10-6-9-15(2,3)12-16/h5,7-8,11,17H,4,6,9-10H2,1-3H3. The van der Waals surface area contributed by atoms with Crippen molar-refractivity contribution in [2.75, 3.05) is 11.9 Å². The molecule has 0 atom stereocenters. The van der Waals surface area contributed by atoms with Gasteiger partial charge in [0.25, 0.3) is 0 Å². The summed E-state index contributed by atoms with van der Waals surface area (Å²) in [5.74, 6) is 0. The van der Waals surface area contributed by atoms with E-state index in [0.29, 0.717) is 0 Å². The molecule has 0 aliphatic rings. The van der Waals surface area contributed by atoms with Crippen LogP contribution in [0.5, 0.6) is 0 Å². The molecule has 0 saturated carbocycles. The molecule has 2 nitrogen and oxygen atoms in total. The molecule has 0 bridgehead atoms. The molecule has 0 radical (unpaired) electrons. The normalized spacial score (nSPS) is 10.9. The summed E-state index contributed by atoms with van der Waals surface area (Å²) in [5.41, 5.74) is 2.33. The third-order valence-corrected chi connectivity index (χ3v) is 2.95. The molecule has 1 aromatic rings. The smallest absolute Gasteiger partial charge is 0.0683 e. The van der Waals surface area contributed by atoms with E-state index in [9.17, 15) is 0 Å². The van der Waals surface area contributed by atoms with Gasteiger partial charge in [0.15, 0.2) is 0 Å². The third-order valence-electron chi connectivity index (χ3n) is 2.95. The van der Waals surface area contributed by atoms with E-state index < -0.39 is 0 Å². The van der Waals surface area contributed by atoms with E-state index in [1.165, 1.54) is 11.3 Å². The van der Waals surface area contributed by atoms with E-state index >= 15 is 0 Å². The number of nitrogens with zero attached hydrogens (tertiary/aromatic N) is 1. The van der Waals surface area contributed by atoms with Crippen LogP contribution in [0.1, 0.15) is 39.2 Å². The fourth-order valence-corrected chi connectivity index (χ4v) is 1.72. The van der Waals surface area contributed by atoms with Crippen LogP contribution in [0.4, 0.5) is 5.69 Å². The highest BCUT2D eigenvalue weighted by molar-refractivity contribution is 5.45. The molecule has 0 aliphatic heterocycles. The highest BCUT2D eigenvalue weighted by atomic mass is 14.9. The Morgan fingerprint density at radius 2 is 2.12 bits per heavy atom. The van der Waals surface area contributed by atoms with Crippen LogP contribution in [0, 0.1) is 16.7 Å². The quantitative estimate of drug-likeness (QED) is 0.750. The van der Waals surface area contributed by atoms with Crippen molar-refractivity contribution in [3.63, 3.8) is 0 Å². The first-order valence-electron chi connectivity index (χ1n) is 6.31. The van der Waals surface area contributed by atoms with Gasteiger partial charge in [-0.05, 0) is 50.8 Å². The summed E-state index contributed by atoms with van der Waals surface area (Å²) in [6.07, 6.45) is 3.03. The monoisotopic (exact) mass is 230 g/mol. The van der Waals surface area contributed by atoms with E-state index in [1.54, 1.807) is 0 Å². The molecule has 17 heavy (non-hydrogen) atoms. The Labute approximate surface area is 105 Å². The SMILES string of the molecule is CCc1cccc(NCCCC(C)(C)C#N)c1. The lowest BCUT2D eigenvalue weighted by molar-refractivity contribution is 0.441. The molecule has 2 heteroatoms. The Kier molecular flexibility index (Phi) is 5.03. The Balaban J connectivity index is 2.34. The lowest BCUT2D eigenvalue weighted by Crippen LogP contribution is -2.11. The minimum atomic E-state index is -0.201. The van der Waals surface area contributed by atoms with Gasteiger partial charge in [-0.15, -0.1) is 0 Å². The van der Waals surface area contributed by atoms with Crippen molar-refractivity contribution in [1.29, 1.82) is 5.26 Å². The highest BCUT2D eigenvalue weighted by Gasteiger charge is 2.15. The predicted octanol–water partition coefficient (Wildman–Crippen LogP) is 3.99. The van der Waals surface area contributed by atoms with Gasteiger partial charge in [-0.1, -0.05) is 19.1 Å². The van der Waals surface area contributed by atoms with Gasteiger partial charge < -0.3 is 5.32 Å². The van der Waals surface area contributed by atoms with Crippen LogP contribution in [-0.4, -0.2) is 6.54 Å². The summed E-state index contributed by atoms with van der Waals surface area (Å²) in [6.45, 7) is 7.07. The Morgan fingerprint density at radius 1 is 1.35 bits per heavy atom. The van der Waals surface area contributed by atoms with Gasteiger partial charge in [0.2, 0.25) is 0 Å². The van der Waals surface area contributed by atoms with Gasteiger partial charge in [-0.25, -0.2) is 0 Å². The summed E-state index contributed by atoms with van der Waals surface area (Å²) in [6, 6.07) is 10.8. The van der Waals surface area contributed by atoms with E-state index in [4.69, 9.17) is 5.26 Å². The molecule has 0 aromatic heterocycles. The Bertz CT molecular complexity index is 388. The summed E-state index contributed by atoms with van der Waals surface area (Å²) in [5, 5.41) is 12.3. The number of rotatable bonds is 6. The second-order valence-corrected chi connectivity index (χ2v) is 5.08. The zero-order valence-electron chi connectivity index (χ0n) is 11.1. The Morgan fingerprint density at radius 3 is 2.76 bits per heavy atom. The van der Waals surface area contributed by atoms with Gasteiger partial charge in [-0.2, -0.15) is 5.26 Å². The van der Waals surface area contributed by atoms with Crippen LogP contribution in [0.15, 0.2) is 24.3 Å². The summed E-state index contributed by atoms with van der Waals surface area (Å²) < 4.78 is 0. The zero-order chi connectivity index (χ0) is 12.7. The molecule has 0 unspecified atom stereocenters. The average molecular weight is 230 g/mol. The minimum absolute atomic E-state index is 0.201. The van der Waals surface area contributed by atoms with Gasteiger partial charge in [0, 0.05) is 12.2 Å². The molecule has 0 spiro atoms. The van der Waals surface area contributed by atoms with Gasteiger partial charge in [-0.3, -0.25) is 0 Å².